The van der Waals surface area contributed by atoms with Crippen molar-refractivity contribution < 1.29 is 5.11 Å². The van der Waals surface area contributed by atoms with Gasteiger partial charge in [-0.1, -0.05) is 43.1 Å². The van der Waals surface area contributed by atoms with Crippen molar-refractivity contribution in [3.8, 4) is 0 Å². The molecule has 0 radical (unpaired) electrons. The summed E-state index contributed by atoms with van der Waals surface area (Å²) in [5.74, 6) is 0. The summed E-state index contributed by atoms with van der Waals surface area (Å²) in [6, 6.07) is 5.48. The number of aliphatic hydroxyl groups excluding tert-OH is 1. The quantitative estimate of drug-likeness (QED) is 0.910. The van der Waals surface area contributed by atoms with E-state index in [2.05, 4.69) is 12.0 Å². The Hall–Kier alpha value is -1.03. The van der Waals surface area contributed by atoms with Gasteiger partial charge in [0, 0.05) is 21.3 Å². The predicted octanol–water partition coefficient (Wildman–Crippen LogP) is 3.86. The minimum absolute atomic E-state index is 0.0285. The summed E-state index contributed by atoms with van der Waals surface area (Å²) in [6.07, 6.45) is 1.64. The van der Waals surface area contributed by atoms with Gasteiger partial charge in [-0.05, 0) is 30.5 Å². The summed E-state index contributed by atoms with van der Waals surface area (Å²) in [7, 11) is 0. The lowest BCUT2D eigenvalue weighted by molar-refractivity contribution is 0.279. The molecule has 2 rings (SSSR count). The number of aromatic nitrogens is 2. The maximum absolute atomic E-state index is 9.54. The molecule has 0 aliphatic heterocycles. The van der Waals surface area contributed by atoms with Crippen molar-refractivity contribution in [2.45, 2.75) is 39.8 Å². The Morgan fingerprint density at radius 3 is 2.50 bits per heavy atom. The molecule has 0 spiro atoms. The molecule has 0 bridgehead atoms. The first-order valence-electron chi connectivity index (χ1n) is 6.72. The van der Waals surface area contributed by atoms with Crippen LogP contribution in [0.3, 0.4) is 0 Å². The molecule has 5 heteroatoms. The second-order valence-electron chi connectivity index (χ2n) is 4.63. The molecule has 108 valence electrons. The van der Waals surface area contributed by atoms with E-state index in [1.54, 1.807) is 6.07 Å². The smallest absolute Gasteiger partial charge is 0.0718 e. The zero-order chi connectivity index (χ0) is 14.7. The van der Waals surface area contributed by atoms with Crippen LogP contribution in [0, 0.1) is 0 Å². The first kappa shape index (κ1) is 15.4. The molecule has 1 N–H and O–H groups in total. The van der Waals surface area contributed by atoms with E-state index in [9.17, 15) is 5.11 Å². The maximum atomic E-state index is 9.54. The summed E-state index contributed by atoms with van der Waals surface area (Å²) >= 11 is 12.1. The van der Waals surface area contributed by atoms with Gasteiger partial charge in [0.1, 0.15) is 0 Å². The van der Waals surface area contributed by atoms with Crippen molar-refractivity contribution in [3.05, 3.63) is 50.8 Å². The molecule has 0 fully saturated rings. The number of rotatable bonds is 5. The van der Waals surface area contributed by atoms with E-state index in [1.165, 1.54) is 0 Å². The van der Waals surface area contributed by atoms with E-state index in [0.717, 1.165) is 35.4 Å². The van der Waals surface area contributed by atoms with Crippen molar-refractivity contribution >= 4 is 23.2 Å². The Morgan fingerprint density at radius 2 is 1.95 bits per heavy atom. The standard InChI is InChI=1S/C15H18Cl2N2O/c1-3-14-12(9-20)15(4-2)19(18-14)8-10-5-6-11(16)7-13(10)17/h5-7,20H,3-4,8-9H2,1-2H3. The van der Waals surface area contributed by atoms with Crippen LogP contribution in [0.15, 0.2) is 18.2 Å². The Labute approximate surface area is 129 Å². The molecule has 0 saturated carbocycles. The van der Waals surface area contributed by atoms with Gasteiger partial charge in [-0.15, -0.1) is 0 Å². The Bertz CT molecular complexity index is 608. The SMILES string of the molecule is CCc1nn(Cc2ccc(Cl)cc2Cl)c(CC)c1CO. The fraction of sp³-hybridized carbons (Fsp3) is 0.400. The fourth-order valence-corrected chi connectivity index (χ4v) is 2.86. The summed E-state index contributed by atoms with van der Waals surface area (Å²) in [4.78, 5) is 0. The average Bonchev–Trinajstić information content (AvgIpc) is 2.78. The van der Waals surface area contributed by atoms with Crippen molar-refractivity contribution in [2.75, 3.05) is 0 Å². The molecule has 0 saturated heterocycles. The summed E-state index contributed by atoms with van der Waals surface area (Å²) in [6.45, 7) is 4.73. The van der Waals surface area contributed by atoms with Gasteiger partial charge < -0.3 is 5.11 Å². The molecular weight excluding hydrogens is 295 g/mol. The Kier molecular flexibility index (Phi) is 5.08. The third-order valence-electron chi connectivity index (χ3n) is 3.41. The second kappa shape index (κ2) is 6.61. The number of hydrogen-bond donors (Lipinski definition) is 1. The molecule has 0 aliphatic rings. The molecule has 0 unspecified atom stereocenters. The molecule has 1 heterocycles. The normalized spacial score (nSPS) is 11.1. The summed E-state index contributed by atoms with van der Waals surface area (Å²) in [5.41, 5.74) is 3.94. The van der Waals surface area contributed by atoms with Gasteiger partial charge in [0.2, 0.25) is 0 Å². The van der Waals surface area contributed by atoms with Crippen LogP contribution < -0.4 is 0 Å². The van der Waals surface area contributed by atoms with Gasteiger partial charge >= 0.3 is 0 Å². The lowest BCUT2D eigenvalue weighted by Gasteiger charge is -2.09. The number of benzene rings is 1. The van der Waals surface area contributed by atoms with Crippen LogP contribution in [-0.2, 0) is 26.0 Å². The third-order valence-corrected chi connectivity index (χ3v) is 4.00. The lowest BCUT2D eigenvalue weighted by atomic mass is 10.1. The van der Waals surface area contributed by atoms with Crippen molar-refractivity contribution in [1.82, 2.24) is 9.78 Å². The lowest BCUT2D eigenvalue weighted by Crippen LogP contribution is -2.07. The van der Waals surface area contributed by atoms with Gasteiger partial charge in [0.25, 0.3) is 0 Å². The van der Waals surface area contributed by atoms with E-state index >= 15 is 0 Å². The highest BCUT2D eigenvalue weighted by Gasteiger charge is 2.15. The average molecular weight is 313 g/mol. The Balaban J connectivity index is 2.40. The predicted molar refractivity (Wildman–Crippen MR) is 82.5 cm³/mol. The largest absolute Gasteiger partial charge is 0.392 e. The topological polar surface area (TPSA) is 38.0 Å². The van der Waals surface area contributed by atoms with E-state index in [1.807, 2.05) is 23.7 Å². The van der Waals surface area contributed by atoms with Crippen LogP contribution in [0.5, 0.6) is 0 Å². The molecule has 1 aromatic heterocycles. The zero-order valence-corrected chi connectivity index (χ0v) is 13.2. The van der Waals surface area contributed by atoms with Crippen LogP contribution in [0.25, 0.3) is 0 Å². The molecule has 20 heavy (non-hydrogen) atoms. The monoisotopic (exact) mass is 312 g/mol. The van der Waals surface area contributed by atoms with Crippen LogP contribution in [0.2, 0.25) is 10.0 Å². The number of halogens is 2. The van der Waals surface area contributed by atoms with Crippen LogP contribution >= 0.6 is 23.2 Å². The van der Waals surface area contributed by atoms with Crippen molar-refractivity contribution in [2.24, 2.45) is 0 Å². The molecular formula is C15H18Cl2N2O. The Morgan fingerprint density at radius 1 is 1.20 bits per heavy atom. The van der Waals surface area contributed by atoms with Crippen molar-refractivity contribution in [3.63, 3.8) is 0 Å². The molecule has 0 aliphatic carbocycles. The van der Waals surface area contributed by atoms with Gasteiger partial charge in [0.15, 0.2) is 0 Å². The van der Waals surface area contributed by atoms with E-state index in [-0.39, 0.29) is 6.61 Å². The van der Waals surface area contributed by atoms with Gasteiger partial charge in [-0.2, -0.15) is 5.10 Å². The summed E-state index contributed by atoms with van der Waals surface area (Å²) < 4.78 is 1.93. The van der Waals surface area contributed by atoms with Gasteiger partial charge in [-0.25, -0.2) is 0 Å². The van der Waals surface area contributed by atoms with E-state index in [4.69, 9.17) is 23.2 Å². The fourth-order valence-electron chi connectivity index (χ4n) is 2.39. The van der Waals surface area contributed by atoms with Crippen molar-refractivity contribution in [1.29, 1.82) is 0 Å². The van der Waals surface area contributed by atoms with Crippen LogP contribution in [0.4, 0.5) is 0 Å². The second-order valence-corrected chi connectivity index (χ2v) is 5.47. The highest BCUT2D eigenvalue weighted by Crippen LogP contribution is 2.24. The molecule has 3 nitrogen and oxygen atoms in total. The highest BCUT2D eigenvalue weighted by molar-refractivity contribution is 6.35. The van der Waals surface area contributed by atoms with E-state index < -0.39 is 0 Å². The molecule has 0 atom stereocenters. The van der Waals surface area contributed by atoms with E-state index in [0.29, 0.717) is 16.6 Å². The van der Waals surface area contributed by atoms with Gasteiger partial charge in [-0.3, -0.25) is 4.68 Å². The maximum Gasteiger partial charge on any atom is 0.0718 e. The number of hydrogen-bond acceptors (Lipinski definition) is 2. The van der Waals surface area contributed by atoms with Gasteiger partial charge in [0.05, 0.1) is 18.8 Å². The van der Waals surface area contributed by atoms with Crippen LogP contribution in [-0.4, -0.2) is 14.9 Å². The minimum Gasteiger partial charge on any atom is -0.392 e. The zero-order valence-electron chi connectivity index (χ0n) is 11.7. The number of aliphatic hydroxyl groups is 1. The molecule has 2 aromatic rings. The molecule has 0 amide bonds. The number of nitrogens with zero attached hydrogens (tertiary/aromatic N) is 2. The third kappa shape index (κ3) is 3.00. The highest BCUT2D eigenvalue weighted by atomic mass is 35.5. The first-order valence-corrected chi connectivity index (χ1v) is 7.48. The minimum atomic E-state index is 0.0285. The number of aryl methyl sites for hydroxylation is 1. The summed E-state index contributed by atoms with van der Waals surface area (Å²) in [5, 5.41) is 15.4. The molecule has 1 aromatic carbocycles. The first-order chi connectivity index (χ1) is 9.60. The van der Waals surface area contributed by atoms with Crippen LogP contribution in [0.1, 0.15) is 36.4 Å².